The molecular weight excluding hydrogens is 551 g/mol. The van der Waals surface area contributed by atoms with Crippen LogP contribution in [-0.4, -0.2) is 34.9 Å². The van der Waals surface area contributed by atoms with Crippen molar-refractivity contribution in [2.24, 2.45) is 0 Å². The molecule has 1 atom stereocenters. The van der Waals surface area contributed by atoms with Crippen LogP contribution in [0, 0.1) is 10.5 Å². The molecule has 0 aliphatic carbocycles. The number of carbonyl (C=O) groups excluding carboxylic acids is 2. The molecule has 3 aromatic carbocycles. The van der Waals surface area contributed by atoms with Crippen LogP contribution in [0.15, 0.2) is 78.9 Å². The Morgan fingerprint density at radius 3 is 2.23 bits per heavy atom. The van der Waals surface area contributed by atoms with Gasteiger partial charge in [0.15, 0.2) is 6.61 Å². The third kappa shape index (κ3) is 8.69. The average molecular weight is 584 g/mol. The molecule has 0 fully saturated rings. The number of halogens is 1. The van der Waals surface area contributed by atoms with Crippen LogP contribution < -0.4 is 10.1 Å². The number of rotatable bonds is 9. The third-order valence-corrected chi connectivity index (χ3v) is 6.10. The van der Waals surface area contributed by atoms with Crippen molar-refractivity contribution in [3.05, 3.63) is 99.1 Å². The van der Waals surface area contributed by atoms with Crippen LogP contribution in [0.3, 0.4) is 0 Å². The van der Waals surface area contributed by atoms with Gasteiger partial charge in [0.1, 0.15) is 11.8 Å². The Bertz CT molecular complexity index is 1120. The van der Waals surface area contributed by atoms with Crippen LogP contribution >= 0.6 is 22.6 Å². The van der Waals surface area contributed by atoms with Gasteiger partial charge in [-0.05, 0) is 85.7 Å². The Labute approximate surface area is 222 Å². The number of hydrogen-bond donors (Lipinski definition) is 1. The summed E-state index contributed by atoms with van der Waals surface area (Å²) in [7, 11) is 0. The van der Waals surface area contributed by atoms with Crippen molar-refractivity contribution in [2.75, 3.05) is 6.61 Å². The van der Waals surface area contributed by atoms with Crippen LogP contribution in [-0.2, 0) is 22.6 Å². The summed E-state index contributed by atoms with van der Waals surface area (Å²) >= 11 is 2.23. The van der Waals surface area contributed by atoms with E-state index in [9.17, 15) is 9.59 Å². The molecule has 0 aliphatic rings. The molecular formula is C29H33IN2O3. The highest BCUT2D eigenvalue weighted by molar-refractivity contribution is 14.1. The second-order valence-corrected chi connectivity index (χ2v) is 10.9. The van der Waals surface area contributed by atoms with Gasteiger partial charge in [0, 0.05) is 22.1 Å². The summed E-state index contributed by atoms with van der Waals surface area (Å²) in [5.41, 5.74) is 2.63. The molecule has 0 heterocycles. The van der Waals surface area contributed by atoms with Crippen LogP contribution in [0.4, 0.5) is 0 Å². The largest absolute Gasteiger partial charge is 0.484 e. The van der Waals surface area contributed by atoms with E-state index >= 15 is 0 Å². The summed E-state index contributed by atoms with van der Waals surface area (Å²) in [5, 5.41) is 3.08. The van der Waals surface area contributed by atoms with E-state index in [4.69, 9.17) is 4.74 Å². The summed E-state index contributed by atoms with van der Waals surface area (Å²) < 4.78 is 6.91. The fourth-order valence-corrected chi connectivity index (χ4v) is 4.13. The SMILES string of the molecule is Cc1cccc(CN(C(=O)COc2ccc(I)cc2)C(Cc2ccccc2)C(=O)NC(C)(C)C)c1. The van der Waals surface area contributed by atoms with Gasteiger partial charge in [-0.2, -0.15) is 0 Å². The van der Waals surface area contributed by atoms with Crippen molar-refractivity contribution in [2.45, 2.75) is 52.2 Å². The normalized spacial score (nSPS) is 12.0. The highest BCUT2D eigenvalue weighted by Gasteiger charge is 2.32. The lowest BCUT2D eigenvalue weighted by atomic mass is 10.0. The van der Waals surface area contributed by atoms with Crippen molar-refractivity contribution < 1.29 is 14.3 Å². The molecule has 0 saturated heterocycles. The Kier molecular flexibility index (Phi) is 9.32. The zero-order valence-electron chi connectivity index (χ0n) is 20.8. The number of amides is 2. The first-order valence-corrected chi connectivity index (χ1v) is 12.8. The quantitative estimate of drug-likeness (QED) is 0.337. The number of nitrogens with one attached hydrogen (secondary N) is 1. The Morgan fingerprint density at radius 2 is 1.60 bits per heavy atom. The van der Waals surface area contributed by atoms with E-state index in [1.54, 1.807) is 4.90 Å². The second kappa shape index (κ2) is 12.2. The fourth-order valence-electron chi connectivity index (χ4n) is 3.77. The van der Waals surface area contributed by atoms with Gasteiger partial charge in [0.05, 0.1) is 0 Å². The molecule has 3 aromatic rings. The zero-order valence-corrected chi connectivity index (χ0v) is 22.9. The van der Waals surface area contributed by atoms with E-state index in [1.807, 2.05) is 107 Å². The van der Waals surface area contributed by atoms with E-state index in [0.717, 1.165) is 20.3 Å². The fraction of sp³-hybridized carbons (Fsp3) is 0.310. The number of ether oxygens (including phenoxy) is 1. The minimum atomic E-state index is -0.690. The lowest BCUT2D eigenvalue weighted by molar-refractivity contribution is -0.143. The molecule has 1 N–H and O–H groups in total. The monoisotopic (exact) mass is 584 g/mol. The summed E-state index contributed by atoms with van der Waals surface area (Å²) in [6.45, 7) is 8.00. The molecule has 0 bridgehead atoms. The third-order valence-electron chi connectivity index (χ3n) is 5.38. The minimum absolute atomic E-state index is 0.152. The Morgan fingerprint density at radius 1 is 0.943 bits per heavy atom. The smallest absolute Gasteiger partial charge is 0.261 e. The number of hydrogen-bond acceptors (Lipinski definition) is 3. The Hall–Kier alpha value is -2.87. The van der Waals surface area contributed by atoms with Gasteiger partial charge in [-0.3, -0.25) is 9.59 Å². The highest BCUT2D eigenvalue weighted by Crippen LogP contribution is 2.18. The maximum atomic E-state index is 13.6. The molecule has 2 amide bonds. The topological polar surface area (TPSA) is 58.6 Å². The van der Waals surface area contributed by atoms with Crippen LogP contribution in [0.25, 0.3) is 0 Å². The lowest BCUT2D eigenvalue weighted by Crippen LogP contribution is -2.55. The van der Waals surface area contributed by atoms with Crippen molar-refractivity contribution >= 4 is 34.4 Å². The highest BCUT2D eigenvalue weighted by atomic mass is 127. The number of aryl methyl sites for hydroxylation is 1. The molecule has 5 nitrogen and oxygen atoms in total. The lowest BCUT2D eigenvalue weighted by Gasteiger charge is -2.33. The molecule has 0 radical (unpaired) electrons. The Balaban J connectivity index is 1.92. The predicted molar refractivity (Wildman–Crippen MR) is 148 cm³/mol. The van der Waals surface area contributed by atoms with Crippen molar-refractivity contribution in [1.82, 2.24) is 10.2 Å². The first-order chi connectivity index (χ1) is 16.6. The molecule has 3 rings (SSSR count). The molecule has 35 heavy (non-hydrogen) atoms. The molecule has 0 aliphatic heterocycles. The van der Waals surface area contributed by atoms with Gasteiger partial charge < -0.3 is 15.0 Å². The zero-order chi connectivity index (χ0) is 25.4. The van der Waals surface area contributed by atoms with E-state index in [0.29, 0.717) is 18.7 Å². The van der Waals surface area contributed by atoms with Gasteiger partial charge in [0.25, 0.3) is 5.91 Å². The number of carbonyl (C=O) groups is 2. The summed E-state index contributed by atoms with van der Waals surface area (Å²) in [4.78, 5) is 28.8. The van der Waals surface area contributed by atoms with E-state index in [1.165, 1.54) is 0 Å². The summed E-state index contributed by atoms with van der Waals surface area (Å²) in [6, 6.07) is 24.7. The van der Waals surface area contributed by atoms with E-state index in [2.05, 4.69) is 27.9 Å². The standard InChI is InChI=1S/C29H33IN2O3/c1-21-9-8-12-23(17-21)19-32(27(33)20-35-25-15-13-24(30)14-16-25)26(28(34)31-29(2,3)4)18-22-10-6-5-7-11-22/h5-17,26H,18-20H2,1-4H3,(H,31,34). The number of benzene rings is 3. The molecule has 1 unspecified atom stereocenters. The maximum Gasteiger partial charge on any atom is 0.261 e. The van der Waals surface area contributed by atoms with Crippen LogP contribution in [0.1, 0.15) is 37.5 Å². The first kappa shape index (κ1) is 26.7. The van der Waals surface area contributed by atoms with E-state index in [-0.39, 0.29) is 18.4 Å². The van der Waals surface area contributed by atoms with Crippen LogP contribution in [0.2, 0.25) is 0 Å². The van der Waals surface area contributed by atoms with Gasteiger partial charge in [-0.1, -0.05) is 60.2 Å². The molecule has 6 heteroatoms. The predicted octanol–water partition coefficient (Wildman–Crippen LogP) is 5.53. The average Bonchev–Trinajstić information content (AvgIpc) is 2.80. The van der Waals surface area contributed by atoms with Gasteiger partial charge in [-0.25, -0.2) is 0 Å². The minimum Gasteiger partial charge on any atom is -0.484 e. The number of nitrogens with zero attached hydrogens (tertiary/aromatic N) is 1. The van der Waals surface area contributed by atoms with Gasteiger partial charge in [0.2, 0.25) is 5.91 Å². The van der Waals surface area contributed by atoms with Gasteiger partial charge >= 0.3 is 0 Å². The summed E-state index contributed by atoms with van der Waals surface area (Å²) in [5.74, 6) is 0.194. The first-order valence-electron chi connectivity index (χ1n) is 11.7. The maximum absolute atomic E-state index is 13.6. The van der Waals surface area contributed by atoms with Crippen molar-refractivity contribution in [1.29, 1.82) is 0 Å². The van der Waals surface area contributed by atoms with E-state index < -0.39 is 11.6 Å². The molecule has 0 saturated carbocycles. The molecule has 0 spiro atoms. The molecule has 184 valence electrons. The summed E-state index contributed by atoms with van der Waals surface area (Å²) in [6.07, 6.45) is 0.407. The van der Waals surface area contributed by atoms with Crippen molar-refractivity contribution in [3.63, 3.8) is 0 Å². The van der Waals surface area contributed by atoms with Crippen LogP contribution in [0.5, 0.6) is 5.75 Å². The van der Waals surface area contributed by atoms with Gasteiger partial charge in [-0.15, -0.1) is 0 Å². The molecule has 0 aromatic heterocycles. The van der Waals surface area contributed by atoms with Crippen molar-refractivity contribution in [3.8, 4) is 5.75 Å². The second-order valence-electron chi connectivity index (χ2n) is 9.70.